The zero-order chi connectivity index (χ0) is 5.54. The molecule has 0 aliphatic heterocycles. The quantitative estimate of drug-likeness (QED) is 0.544. The molecule has 0 rings (SSSR count). The maximum absolute atomic E-state index is 9.47. The van der Waals surface area contributed by atoms with Gasteiger partial charge in [-0.3, -0.25) is 0 Å². The molecule has 0 atom stereocenters. The van der Waals surface area contributed by atoms with Crippen molar-refractivity contribution in [2.75, 3.05) is 0 Å². The molecule has 0 aliphatic carbocycles. The van der Waals surface area contributed by atoms with Gasteiger partial charge in [-0.2, -0.15) is 0 Å². The predicted octanol–water partition coefficient (Wildman–Crippen LogP) is 1.39. The van der Waals surface area contributed by atoms with E-state index >= 15 is 0 Å². The first-order valence-electron chi connectivity index (χ1n) is 2.44. The van der Waals surface area contributed by atoms with E-state index in [9.17, 15) is 5.21 Å². The third-order valence-corrected chi connectivity index (χ3v) is 0.641. The SMILES string of the molecule is CCCC=CN[O-]. The van der Waals surface area contributed by atoms with Crippen molar-refractivity contribution in [1.29, 1.82) is 0 Å². The largest absolute Gasteiger partial charge is 0.761 e. The molecule has 0 bridgehead atoms. The standard InChI is InChI=1S/C5H10NO/c1-2-3-4-5-6-7/h4-6H,2-3H2,1H3/q-1. The third kappa shape index (κ3) is 5.50. The Bertz CT molecular complexity index is 52.0. The summed E-state index contributed by atoms with van der Waals surface area (Å²) in [5.74, 6) is 0. The van der Waals surface area contributed by atoms with Crippen molar-refractivity contribution in [3.8, 4) is 0 Å². The Kier molecular flexibility index (Phi) is 5.11. The molecule has 42 valence electrons. The fraction of sp³-hybridized carbons (Fsp3) is 0.600. The summed E-state index contributed by atoms with van der Waals surface area (Å²) in [5, 5.41) is 9.47. The van der Waals surface area contributed by atoms with Crippen LogP contribution in [0.5, 0.6) is 0 Å². The van der Waals surface area contributed by atoms with Crippen LogP contribution in [0.2, 0.25) is 0 Å². The zero-order valence-electron chi connectivity index (χ0n) is 4.48. The van der Waals surface area contributed by atoms with Crippen LogP contribution >= 0.6 is 0 Å². The van der Waals surface area contributed by atoms with Crippen molar-refractivity contribution in [1.82, 2.24) is 5.48 Å². The van der Waals surface area contributed by atoms with Crippen LogP contribution < -0.4 is 5.48 Å². The van der Waals surface area contributed by atoms with Crippen LogP contribution in [0.25, 0.3) is 0 Å². The summed E-state index contributed by atoms with van der Waals surface area (Å²) < 4.78 is 0. The van der Waals surface area contributed by atoms with Gasteiger partial charge in [-0.15, -0.1) is 0 Å². The van der Waals surface area contributed by atoms with Gasteiger partial charge in [0.15, 0.2) is 0 Å². The molecule has 7 heavy (non-hydrogen) atoms. The number of rotatable bonds is 3. The predicted molar refractivity (Wildman–Crippen MR) is 30.6 cm³/mol. The number of nitrogens with one attached hydrogen (secondary N) is 1. The maximum Gasteiger partial charge on any atom is -0.0184 e. The van der Waals surface area contributed by atoms with Crippen molar-refractivity contribution in [3.05, 3.63) is 17.5 Å². The van der Waals surface area contributed by atoms with E-state index < -0.39 is 0 Å². The summed E-state index contributed by atoms with van der Waals surface area (Å²) in [7, 11) is 0. The highest BCUT2D eigenvalue weighted by Crippen LogP contribution is 1.84. The van der Waals surface area contributed by atoms with Crippen molar-refractivity contribution < 1.29 is 0 Å². The lowest BCUT2D eigenvalue weighted by atomic mass is 10.3. The highest BCUT2D eigenvalue weighted by Gasteiger charge is 1.65. The van der Waals surface area contributed by atoms with E-state index in [1.807, 2.05) is 6.08 Å². The first-order valence-corrected chi connectivity index (χ1v) is 2.44. The van der Waals surface area contributed by atoms with Gasteiger partial charge in [-0.25, -0.2) is 0 Å². The average Bonchev–Trinajstić information content (AvgIpc) is 1.69. The minimum Gasteiger partial charge on any atom is -0.761 e. The number of hydrogen-bond acceptors (Lipinski definition) is 2. The minimum atomic E-state index is 0.981. The van der Waals surface area contributed by atoms with Crippen LogP contribution in [0.3, 0.4) is 0 Å². The first kappa shape index (κ1) is 6.50. The molecular formula is C5H10NO-. The van der Waals surface area contributed by atoms with E-state index in [0.717, 1.165) is 12.8 Å². The lowest BCUT2D eigenvalue weighted by molar-refractivity contribution is 0.949. The van der Waals surface area contributed by atoms with Crippen LogP contribution in [-0.4, -0.2) is 0 Å². The Morgan fingerprint density at radius 2 is 2.43 bits per heavy atom. The number of unbranched alkanes of at least 4 members (excludes halogenated alkanes) is 1. The van der Waals surface area contributed by atoms with Gasteiger partial charge >= 0.3 is 0 Å². The Morgan fingerprint density at radius 3 is 2.86 bits per heavy atom. The van der Waals surface area contributed by atoms with Gasteiger partial charge in [0.1, 0.15) is 0 Å². The molecule has 0 unspecified atom stereocenters. The molecule has 2 heteroatoms. The maximum atomic E-state index is 9.47. The summed E-state index contributed by atoms with van der Waals surface area (Å²) in [6.07, 6.45) is 5.30. The number of allylic oxidation sites excluding steroid dienone is 1. The number of hydrogen-bond donors (Lipinski definition) is 1. The van der Waals surface area contributed by atoms with Crippen molar-refractivity contribution >= 4 is 0 Å². The van der Waals surface area contributed by atoms with Crippen LogP contribution in [0, 0.1) is 5.21 Å². The lowest BCUT2D eigenvalue weighted by Gasteiger charge is -1.97. The van der Waals surface area contributed by atoms with E-state index in [1.165, 1.54) is 6.20 Å². The molecule has 0 radical (unpaired) electrons. The van der Waals surface area contributed by atoms with Gasteiger partial charge in [0.25, 0.3) is 0 Å². The van der Waals surface area contributed by atoms with Gasteiger partial charge in [-0.1, -0.05) is 19.4 Å². The summed E-state index contributed by atoms with van der Waals surface area (Å²) in [5.41, 5.74) is 1.67. The van der Waals surface area contributed by atoms with Crippen molar-refractivity contribution in [2.45, 2.75) is 19.8 Å². The van der Waals surface area contributed by atoms with E-state index in [1.54, 1.807) is 5.48 Å². The van der Waals surface area contributed by atoms with Gasteiger partial charge in [0.05, 0.1) is 0 Å². The van der Waals surface area contributed by atoms with E-state index in [2.05, 4.69) is 6.92 Å². The molecule has 0 aromatic heterocycles. The average molecular weight is 100 g/mol. The molecule has 0 aromatic carbocycles. The van der Waals surface area contributed by atoms with Gasteiger partial charge in [0, 0.05) is 0 Å². The zero-order valence-corrected chi connectivity index (χ0v) is 4.48. The molecule has 0 aliphatic rings. The van der Waals surface area contributed by atoms with E-state index in [-0.39, 0.29) is 0 Å². The second-order valence-corrected chi connectivity index (χ2v) is 1.31. The molecular weight excluding hydrogens is 90.1 g/mol. The summed E-state index contributed by atoms with van der Waals surface area (Å²) in [6.45, 7) is 2.06. The van der Waals surface area contributed by atoms with Crippen LogP contribution in [-0.2, 0) is 0 Å². The topological polar surface area (TPSA) is 35.1 Å². The fourth-order valence-electron chi connectivity index (χ4n) is 0.298. The second-order valence-electron chi connectivity index (χ2n) is 1.31. The molecule has 0 saturated carbocycles. The Morgan fingerprint density at radius 1 is 1.71 bits per heavy atom. The Balaban J connectivity index is 2.78. The normalized spacial score (nSPS) is 10.0. The van der Waals surface area contributed by atoms with Crippen LogP contribution in [0.4, 0.5) is 0 Å². The molecule has 2 nitrogen and oxygen atoms in total. The minimum absolute atomic E-state index is 0.981. The van der Waals surface area contributed by atoms with Gasteiger partial charge < -0.3 is 10.7 Å². The molecule has 0 aromatic rings. The highest BCUT2D eigenvalue weighted by molar-refractivity contribution is 4.78. The Labute approximate surface area is 43.8 Å². The highest BCUT2D eigenvalue weighted by atomic mass is 16.5. The van der Waals surface area contributed by atoms with E-state index in [4.69, 9.17) is 0 Å². The van der Waals surface area contributed by atoms with Crippen molar-refractivity contribution in [2.24, 2.45) is 0 Å². The van der Waals surface area contributed by atoms with Gasteiger partial charge in [0.2, 0.25) is 0 Å². The molecule has 1 N–H and O–H groups in total. The molecule has 0 fully saturated rings. The summed E-state index contributed by atoms with van der Waals surface area (Å²) in [6, 6.07) is 0. The fourth-order valence-corrected chi connectivity index (χ4v) is 0.298. The first-order chi connectivity index (χ1) is 3.41. The molecule has 0 heterocycles. The lowest BCUT2D eigenvalue weighted by Crippen LogP contribution is -1.86. The molecule has 0 saturated heterocycles. The van der Waals surface area contributed by atoms with Crippen LogP contribution in [0.1, 0.15) is 19.8 Å². The van der Waals surface area contributed by atoms with Crippen molar-refractivity contribution in [3.63, 3.8) is 0 Å². The monoisotopic (exact) mass is 100 g/mol. The third-order valence-electron chi connectivity index (χ3n) is 0.641. The summed E-state index contributed by atoms with van der Waals surface area (Å²) in [4.78, 5) is 0. The molecule has 0 amide bonds. The smallest absolute Gasteiger partial charge is 0.0184 e. The van der Waals surface area contributed by atoms with Crippen LogP contribution in [0.15, 0.2) is 12.3 Å². The molecule has 0 spiro atoms. The summed E-state index contributed by atoms with van der Waals surface area (Å²) >= 11 is 0. The second kappa shape index (κ2) is 5.50. The number of hydroxylamine groups is 1. The van der Waals surface area contributed by atoms with Gasteiger partial charge in [-0.05, 0) is 12.6 Å². The Hall–Kier alpha value is -0.500. The van der Waals surface area contributed by atoms with E-state index in [0.29, 0.717) is 0 Å².